The molecule has 1 N–H and O–H groups in total. The number of halogens is 1. The van der Waals surface area contributed by atoms with Crippen LogP contribution in [-0.4, -0.2) is 14.3 Å². The molecule has 5 nitrogen and oxygen atoms in total. The molecule has 0 aliphatic rings. The molecule has 21 heavy (non-hydrogen) atoms. The first-order valence-electron chi connectivity index (χ1n) is 5.68. The lowest BCUT2D eigenvalue weighted by molar-refractivity contribution is -0.118. The van der Waals surface area contributed by atoms with Crippen LogP contribution in [0.5, 0.6) is 0 Å². The zero-order valence-corrected chi connectivity index (χ0v) is 13.8. The number of thiophene rings is 1. The zero-order chi connectivity index (χ0) is 15.5. The lowest BCUT2D eigenvalue weighted by Crippen LogP contribution is -2.31. The first-order valence-corrected chi connectivity index (χ1v) is 8.90. The average Bonchev–Trinajstić information content (AvgIpc) is 2.89. The summed E-state index contributed by atoms with van der Waals surface area (Å²) < 4.78 is 26.7. The number of amides is 1. The van der Waals surface area contributed by atoms with Gasteiger partial charge in [-0.1, -0.05) is 15.9 Å². The molecule has 0 unspecified atom stereocenters. The van der Waals surface area contributed by atoms with Crippen LogP contribution in [0.1, 0.15) is 11.1 Å². The van der Waals surface area contributed by atoms with E-state index in [0.717, 1.165) is 5.56 Å². The van der Waals surface area contributed by atoms with Crippen LogP contribution in [-0.2, 0) is 21.2 Å². The highest BCUT2D eigenvalue weighted by Gasteiger charge is 2.19. The highest BCUT2D eigenvalue weighted by atomic mass is 79.9. The molecule has 1 aromatic carbocycles. The van der Waals surface area contributed by atoms with E-state index in [2.05, 4.69) is 15.9 Å². The van der Waals surface area contributed by atoms with Gasteiger partial charge in [0.15, 0.2) is 0 Å². The Balaban J connectivity index is 2.20. The molecule has 0 saturated heterocycles. The first-order chi connectivity index (χ1) is 9.90. The number of carbonyl (C=O) groups excluding carboxylic acids is 1. The minimum absolute atomic E-state index is 0.0121. The second kappa shape index (κ2) is 6.39. The minimum atomic E-state index is -4.00. The molecular weight excluding hydrogens is 376 g/mol. The number of hydrogen-bond acceptors (Lipinski definition) is 5. The lowest BCUT2D eigenvalue weighted by atomic mass is 10.2. The summed E-state index contributed by atoms with van der Waals surface area (Å²) in [5.41, 5.74) is 0.940. The van der Waals surface area contributed by atoms with Crippen LogP contribution in [0.3, 0.4) is 0 Å². The summed E-state index contributed by atoms with van der Waals surface area (Å²) in [6, 6.07) is 7.66. The van der Waals surface area contributed by atoms with Crippen molar-refractivity contribution in [1.82, 2.24) is 4.72 Å². The molecule has 0 bridgehead atoms. The molecule has 108 valence electrons. The molecule has 2 rings (SSSR count). The van der Waals surface area contributed by atoms with Crippen molar-refractivity contribution in [2.75, 3.05) is 0 Å². The van der Waals surface area contributed by atoms with Crippen LogP contribution in [0.25, 0.3) is 0 Å². The summed E-state index contributed by atoms with van der Waals surface area (Å²) in [6.45, 7) is 0. The van der Waals surface area contributed by atoms with Crippen LogP contribution >= 0.6 is 27.3 Å². The Kier molecular flexibility index (Phi) is 4.77. The van der Waals surface area contributed by atoms with Gasteiger partial charge in [0.1, 0.15) is 0 Å². The molecule has 0 aliphatic carbocycles. The largest absolute Gasteiger partial charge is 0.274 e. The Morgan fingerprint density at radius 1 is 1.38 bits per heavy atom. The van der Waals surface area contributed by atoms with Crippen molar-refractivity contribution in [3.05, 3.63) is 50.6 Å². The molecule has 1 aromatic heterocycles. The predicted molar refractivity (Wildman–Crippen MR) is 82.2 cm³/mol. The fourth-order valence-electron chi connectivity index (χ4n) is 1.61. The van der Waals surface area contributed by atoms with Gasteiger partial charge in [-0.3, -0.25) is 4.79 Å². The van der Waals surface area contributed by atoms with Gasteiger partial charge in [0.25, 0.3) is 10.0 Å². The molecule has 0 spiro atoms. The lowest BCUT2D eigenvalue weighted by Gasteiger charge is -2.07. The van der Waals surface area contributed by atoms with Crippen LogP contribution in [0, 0.1) is 11.3 Å². The molecule has 0 radical (unpaired) electrons. The van der Waals surface area contributed by atoms with E-state index in [4.69, 9.17) is 5.26 Å². The quantitative estimate of drug-likeness (QED) is 0.876. The number of nitriles is 1. The number of nitrogens with one attached hydrogen (secondary N) is 1. The monoisotopic (exact) mass is 384 g/mol. The molecule has 0 saturated carbocycles. The summed E-state index contributed by atoms with van der Waals surface area (Å²) >= 11 is 4.57. The van der Waals surface area contributed by atoms with E-state index >= 15 is 0 Å². The highest BCUT2D eigenvalue weighted by Crippen LogP contribution is 2.19. The SMILES string of the molecule is N#Cc1cc(Br)cc(S(=O)(=O)NC(=O)Cc2ccsc2)c1. The van der Waals surface area contributed by atoms with Crippen molar-refractivity contribution < 1.29 is 13.2 Å². The van der Waals surface area contributed by atoms with E-state index in [9.17, 15) is 13.2 Å². The van der Waals surface area contributed by atoms with Crippen molar-refractivity contribution >= 4 is 43.2 Å². The molecule has 0 fully saturated rings. The molecule has 2 aromatic rings. The Bertz CT molecular complexity index is 808. The standard InChI is InChI=1S/C13H9BrN2O3S2/c14-11-3-10(7-15)4-12(6-11)21(18,19)16-13(17)5-9-1-2-20-8-9/h1-4,6,8H,5H2,(H,16,17). The van der Waals surface area contributed by atoms with E-state index in [1.165, 1.54) is 29.5 Å². The minimum Gasteiger partial charge on any atom is -0.274 e. The van der Waals surface area contributed by atoms with E-state index in [-0.39, 0.29) is 16.9 Å². The maximum Gasteiger partial charge on any atom is 0.264 e. The van der Waals surface area contributed by atoms with Gasteiger partial charge < -0.3 is 0 Å². The van der Waals surface area contributed by atoms with Gasteiger partial charge in [-0.15, -0.1) is 0 Å². The number of benzene rings is 1. The first kappa shape index (κ1) is 15.7. The smallest absolute Gasteiger partial charge is 0.264 e. The molecule has 0 atom stereocenters. The maximum absolute atomic E-state index is 12.1. The summed E-state index contributed by atoms with van der Waals surface area (Å²) in [4.78, 5) is 11.6. The Labute approximate surface area is 134 Å². The second-order valence-corrected chi connectivity index (χ2v) is 7.50. The van der Waals surface area contributed by atoms with Crippen molar-refractivity contribution in [2.45, 2.75) is 11.3 Å². The van der Waals surface area contributed by atoms with Crippen LogP contribution in [0.4, 0.5) is 0 Å². The van der Waals surface area contributed by atoms with E-state index in [1.807, 2.05) is 16.2 Å². The van der Waals surface area contributed by atoms with Gasteiger partial charge in [0.05, 0.1) is 22.9 Å². The van der Waals surface area contributed by atoms with E-state index in [1.54, 1.807) is 11.4 Å². The van der Waals surface area contributed by atoms with Gasteiger partial charge in [-0.25, -0.2) is 13.1 Å². The van der Waals surface area contributed by atoms with Crippen molar-refractivity contribution in [3.63, 3.8) is 0 Å². The number of rotatable bonds is 4. The van der Waals surface area contributed by atoms with Crippen LogP contribution in [0.2, 0.25) is 0 Å². The third kappa shape index (κ3) is 4.14. The fourth-order valence-corrected chi connectivity index (χ4v) is 3.97. The van der Waals surface area contributed by atoms with Gasteiger partial charge in [0.2, 0.25) is 5.91 Å². The zero-order valence-electron chi connectivity index (χ0n) is 10.5. The Morgan fingerprint density at radius 3 is 2.76 bits per heavy atom. The Hall–Kier alpha value is -1.69. The topological polar surface area (TPSA) is 87.0 Å². The van der Waals surface area contributed by atoms with Crippen molar-refractivity contribution in [3.8, 4) is 6.07 Å². The van der Waals surface area contributed by atoms with Gasteiger partial charge in [-0.2, -0.15) is 16.6 Å². The summed E-state index contributed by atoms with van der Waals surface area (Å²) in [7, 11) is -4.00. The van der Waals surface area contributed by atoms with Crippen molar-refractivity contribution in [1.29, 1.82) is 5.26 Å². The highest BCUT2D eigenvalue weighted by molar-refractivity contribution is 9.10. The molecule has 1 amide bonds. The molecule has 1 heterocycles. The van der Waals surface area contributed by atoms with Gasteiger partial charge in [-0.05, 0) is 40.6 Å². The molecular formula is C13H9BrN2O3S2. The fraction of sp³-hybridized carbons (Fsp3) is 0.0769. The number of nitrogens with zero attached hydrogens (tertiary/aromatic N) is 1. The van der Waals surface area contributed by atoms with E-state index < -0.39 is 15.9 Å². The summed E-state index contributed by atoms with van der Waals surface area (Å²) in [6.07, 6.45) is -0.0121. The third-order valence-corrected chi connectivity index (χ3v) is 5.05. The van der Waals surface area contributed by atoms with Crippen LogP contribution < -0.4 is 4.72 Å². The number of hydrogen-bond donors (Lipinski definition) is 1. The van der Waals surface area contributed by atoms with Gasteiger partial charge in [0, 0.05) is 4.47 Å². The Morgan fingerprint density at radius 2 is 2.14 bits per heavy atom. The van der Waals surface area contributed by atoms with E-state index in [0.29, 0.717) is 4.47 Å². The van der Waals surface area contributed by atoms with Crippen LogP contribution in [0.15, 0.2) is 44.4 Å². The summed E-state index contributed by atoms with van der Waals surface area (Å²) in [5, 5.41) is 12.4. The average molecular weight is 385 g/mol. The molecule has 8 heteroatoms. The second-order valence-electron chi connectivity index (χ2n) is 4.12. The number of sulfonamides is 1. The normalized spacial score (nSPS) is 10.9. The number of carbonyl (C=O) groups is 1. The van der Waals surface area contributed by atoms with Gasteiger partial charge >= 0.3 is 0 Å². The predicted octanol–water partition coefficient (Wildman–Crippen LogP) is 2.43. The van der Waals surface area contributed by atoms with Crippen molar-refractivity contribution in [2.24, 2.45) is 0 Å². The summed E-state index contributed by atoms with van der Waals surface area (Å²) in [5.74, 6) is -0.619. The third-order valence-electron chi connectivity index (χ3n) is 2.50. The molecule has 0 aliphatic heterocycles. The maximum atomic E-state index is 12.1.